The number of nitrogens with zero attached hydrogens (tertiary/aromatic N) is 2. The van der Waals surface area contributed by atoms with Crippen LogP contribution in [0.25, 0.3) is 11.3 Å². The van der Waals surface area contributed by atoms with Crippen LogP contribution < -0.4 is 0 Å². The number of aromatic nitrogens is 2. The van der Waals surface area contributed by atoms with Gasteiger partial charge in [-0.15, -0.1) is 0 Å². The number of hydrogen-bond acceptors (Lipinski definition) is 2. The highest BCUT2D eigenvalue weighted by Gasteiger charge is 2.11. The van der Waals surface area contributed by atoms with Gasteiger partial charge in [0.25, 0.3) is 0 Å². The number of rotatable bonds is 6. The molecule has 0 radical (unpaired) electrons. The Morgan fingerprint density at radius 1 is 1.10 bits per heavy atom. The van der Waals surface area contributed by atoms with E-state index in [9.17, 15) is 4.79 Å². The van der Waals surface area contributed by atoms with Crippen LogP contribution in [0, 0.1) is 11.8 Å². The zero-order valence-electron chi connectivity index (χ0n) is 13.3. The molecule has 0 atom stereocenters. The molecule has 0 unspecified atom stereocenters. The maximum absolute atomic E-state index is 11.3. The van der Waals surface area contributed by atoms with Crippen LogP contribution in [0.2, 0.25) is 0 Å². The van der Waals surface area contributed by atoms with E-state index >= 15 is 0 Å². The van der Waals surface area contributed by atoms with Crippen molar-refractivity contribution in [3.63, 3.8) is 0 Å². The fourth-order valence-corrected chi connectivity index (χ4v) is 2.49. The number of hydrogen-bond donors (Lipinski definition) is 0. The summed E-state index contributed by atoms with van der Waals surface area (Å²) in [5.41, 5.74) is 3.77. The molecule has 3 nitrogen and oxygen atoms in total. The second-order valence-electron chi connectivity index (χ2n) is 6.46. The first-order chi connectivity index (χ1) is 9.99. The molecule has 0 aliphatic rings. The van der Waals surface area contributed by atoms with Crippen molar-refractivity contribution in [1.29, 1.82) is 0 Å². The predicted molar refractivity (Wildman–Crippen MR) is 86.4 cm³/mol. The minimum atomic E-state index is 0.505. The van der Waals surface area contributed by atoms with Gasteiger partial charge in [0, 0.05) is 18.3 Å². The normalized spacial score (nSPS) is 11.3. The lowest BCUT2D eigenvalue weighted by atomic mass is 10.0. The highest BCUT2D eigenvalue weighted by Crippen LogP contribution is 2.22. The van der Waals surface area contributed by atoms with Crippen LogP contribution in [0.5, 0.6) is 0 Å². The molecule has 0 aliphatic carbocycles. The quantitative estimate of drug-likeness (QED) is 0.744. The van der Waals surface area contributed by atoms with Crippen molar-refractivity contribution < 1.29 is 4.79 Å². The third-order valence-corrected chi connectivity index (χ3v) is 3.34. The maximum atomic E-state index is 11.3. The zero-order valence-corrected chi connectivity index (χ0v) is 13.3. The Balaban J connectivity index is 2.28. The molecule has 21 heavy (non-hydrogen) atoms. The fourth-order valence-electron chi connectivity index (χ4n) is 2.49. The Kier molecular flexibility index (Phi) is 4.94. The summed E-state index contributed by atoms with van der Waals surface area (Å²) < 4.78 is 1.87. The summed E-state index contributed by atoms with van der Waals surface area (Å²) in [5.74, 6) is 1.15. The Hall–Kier alpha value is -1.90. The average Bonchev–Trinajstić information content (AvgIpc) is 2.81. The van der Waals surface area contributed by atoms with Crippen LogP contribution in [-0.2, 0) is 13.0 Å². The molecular weight excluding hydrogens is 260 g/mol. The van der Waals surface area contributed by atoms with E-state index in [0.29, 0.717) is 17.4 Å². The molecule has 0 spiro atoms. The molecule has 1 aromatic heterocycles. The highest BCUT2D eigenvalue weighted by molar-refractivity contribution is 5.85. The molecule has 2 rings (SSSR count). The van der Waals surface area contributed by atoms with Crippen LogP contribution in [0.3, 0.4) is 0 Å². The molecule has 0 aliphatic heterocycles. The van der Waals surface area contributed by atoms with E-state index in [1.807, 2.05) is 10.9 Å². The largest absolute Gasteiger partial charge is 0.298 e. The van der Waals surface area contributed by atoms with Crippen LogP contribution >= 0.6 is 0 Å². The molecule has 112 valence electrons. The molecule has 1 aromatic carbocycles. The molecule has 0 fully saturated rings. The number of aldehydes is 1. The second kappa shape index (κ2) is 6.70. The predicted octanol–water partition coefficient (Wildman–Crippen LogP) is 4.22. The topological polar surface area (TPSA) is 34.9 Å². The third-order valence-electron chi connectivity index (χ3n) is 3.34. The summed E-state index contributed by atoms with van der Waals surface area (Å²) in [6, 6.07) is 8.39. The van der Waals surface area contributed by atoms with Gasteiger partial charge in [0.05, 0.1) is 5.56 Å². The zero-order chi connectivity index (χ0) is 15.4. The van der Waals surface area contributed by atoms with E-state index in [4.69, 9.17) is 0 Å². The van der Waals surface area contributed by atoms with Gasteiger partial charge in [-0.1, -0.05) is 52.0 Å². The van der Waals surface area contributed by atoms with Crippen LogP contribution in [0.4, 0.5) is 0 Å². The van der Waals surface area contributed by atoms with Crippen LogP contribution in [0.15, 0.2) is 30.5 Å². The van der Waals surface area contributed by atoms with Crippen molar-refractivity contribution in [2.45, 2.75) is 40.7 Å². The van der Waals surface area contributed by atoms with E-state index in [0.717, 1.165) is 30.5 Å². The molecular formula is C18H24N2O. The van der Waals surface area contributed by atoms with Crippen LogP contribution in [0.1, 0.15) is 43.6 Å². The summed E-state index contributed by atoms with van der Waals surface area (Å²) in [5, 5.41) is 4.57. The first-order valence-corrected chi connectivity index (χ1v) is 7.61. The Labute approximate surface area is 127 Å². The van der Waals surface area contributed by atoms with Crippen molar-refractivity contribution >= 4 is 6.29 Å². The number of carbonyl (C=O) groups excluding carboxylic acids is 1. The van der Waals surface area contributed by atoms with Gasteiger partial charge in [0.1, 0.15) is 5.69 Å². The van der Waals surface area contributed by atoms with Crippen LogP contribution in [-0.4, -0.2) is 16.1 Å². The monoisotopic (exact) mass is 284 g/mol. The molecule has 2 aromatic rings. The van der Waals surface area contributed by atoms with Crippen molar-refractivity contribution in [2.24, 2.45) is 11.8 Å². The van der Waals surface area contributed by atoms with E-state index in [2.05, 4.69) is 57.1 Å². The second-order valence-corrected chi connectivity index (χ2v) is 6.46. The first-order valence-electron chi connectivity index (χ1n) is 7.61. The lowest BCUT2D eigenvalue weighted by Gasteiger charge is -2.06. The van der Waals surface area contributed by atoms with Crippen molar-refractivity contribution in [2.75, 3.05) is 0 Å². The van der Waals surface area contributed by atoms with E-state index < -0.39 is 0 Å². The molecule has 0 bridgehead atoms. The van der Waals surface area contributed by atoms with E-state index in [-0.39, 0.29) is 0 Å². The molecule has 0 saturated carbocycles. The molecule has 0 amide bonds. The number of carbonyl (C=O) groups is 1. The van der Waals surface area contributed by atoms with Crippen molar-refractivity contribution in [3.8, 4) is 11.3 Å². The van der Waals surface area contributed by atoms with Gasteiger partial charge < -0.3 is 0 Å². The summed E-state index contributed by atoms with van der Waals surface area (Å²) in [7, 11) is 0. The van der Waals surface area contributed by atoms with Gasteiger partial charge in [0.15, 0.2) is 6.29 Å². The highest BCUT2D eigenvalue weighted by atomic mass is 16.1. The first kappa shape index (κ1) is 15.5. The lowest BCUT2D eigenvalue weighted by Crippen LogP contribution is -2.04. The van der Waals surface area contributed by atoms with E-state index in [1.165, 1.54) is 5.56 Å². The average molecular weight is 284 g/mol. The Bertz CT molecular complexity index is 594. The van der Waals surface area contributed by atoms with Gasteiger partial charge in [-0.2, -0.15) is 5.10 Å². The Morgan fingerprint density at radius 3 is 2.29 bits per heavy atom. The van der Waals surface area contributed by atoms with Crippen molar-refractivity contribution in [3.05, 3.63) is 41.6 Å². The fraction of sp³-hybridized carbons (Fsp3) is 0.444. The molecule has 0 N–H and O–H groups in total. The molecule has 0 saturated heterocycles. The lowest BCUT2D eigenvalue weighted by molar-refractivity contribution is 0.112. The molecule has 1 heterocycles. The number of benzene rings is 1. The summed E-state index contributed by atoms with van der Waals surface area (Å²) >= 11 is 0. The van der Waals surface area contributed by atoms with E-state index in [1.54, 1.807) is 0 Å². The summed E-state index contributed by atoms with van der Waals surface area (Å²) in [6.45, 7) is 9.54. The van der Waals surface area contributed by atoms with Gasteiger partial charge in [0.2, 0.25) is 0 Å². The van der Waals surface area contributed by atoms with Gasteiger partial charge in [-0.05, 0) is 23.8 Å². The van der Waals surface area contributed by atoms with Gasteiger partial charge in [-0.25, -0.2) is 0 Å². The SMILES string of the molecule is CC(C)Cc1ccc(-c2nn(CC(C)C)cc2C=O)cc1. The summed E-state index contributed by atoms with van der Waals surface area (Å²) in [6.07, 6.45) is 3.80. The minimum Gasteiger partial charge on any atom is -0.298 e. The maximum Gasteiger partial charge on any atom is 0.153 e. The smallest absolute Gasteiger partial charge is 0.153 e. The molecule has 3 heteroatoms. The Morgan fingerprint density at radius 2 is 1.76 bits per heavy atom. The van der Waals surface area contributed by atoms with Gasteiger partial charge >= 0.3 is 0 Å². The standard InChI is InChI=1S/C18H24N2O/c1-13(2)9-15-5-7-16(8-6-15)18-17(12-21)11-20(19-18)10-14(3)4/h5-8,11-14H,9-10H2,1-4H3. The van der Waals surface area contributed by atoms with Crippen molar-refractivity contribution in [1.82, 2.24) is 9.78 Å². The summed E-state index contributed by atoms with van der Waals surface area (Å²) in [4.78, 5) is 11.3. The van der Waals surface area contributed by atoms with Gasteiger partial charge in [-0.3, -0.25) is 9.48 Å². The third kappa shape index (κ3) is 4.03. The minimum absolute atomic E-state index is 0.505.